The molecule has 0 aliphatic rings. The lowest BCUT2D eigenvalue weighted by Crippen LogP contribution is -2.26. The van der Waals surface area contributed by atoms with Crippen LogP contribution in [0.4, 0.5) is 0 Å². The van der Waals surface area contributed by atoms with Gasteiger partial charge in [-0.25, -0.2) is 4.98 Å². The van der Waals surface area contributed by atoms with Gasteiger partial charge in [-0.15, -0.1) is 0 Å². The predicted molar refractivity (Wildman–Crippen MR) is 136 cm³/mol. The number of hydrogen-bond acceptors (Lipinski definition) is 4. The highest BCUT2D eigenvalue weighted by Crippen LogP contribution is 2.18. The first kappa shape index (κ1) is 24.8. The maximum atomic E-state index is 12.9. The summed E-state index contributed by atoms with van der Waals surface area (Å²) in [4.78, 5) is 29.7. The number of benzene rings is 2. The molecule has 3 aromatic rings. The van der Waals surface area contributed by atoms with Crippen LogP contribution in [0.25, 0.3) is 0 Å². The van der Waals surface area contributed by atoms with Crippen molar-refractivity contribution in [1.82, 2.24) is 14.9 Å². The molecule has 0 atom stereocenters. The molecule has 0 bridgehead atoms. The van der Waals surface area contributed by atoms with Crippen LogP contribution < -0.4 is 10.9 Å². The topological polar surface area (TPSA) is 64.0 Å². The largest absolute Gasteiger partial charge is 0.356 e. The second-order valence-corrected chi connectivity index (χ2v) is 9.44. The molecule has 6 heteroatoms. The Morgan fingerprint density at radius 1 is 1.00 bits per heavy atom. The van der Waals surface area contributed by atoms with E-state index in [-0.39, 0.29) is 11.5 Å². The number of thioether (sulfide) groups is 1. The third-order valence-corrected chi connectivity index (χ3v) is 6.78. The summed E-state index contributed by atoms with van der Waals surface area (Å²) in [6.45, 7) is 4.63. The van der Waals surface area contributed by atoms with Gasteiger partial charge in [-0.2, -0.15) is 0 Å². The number of aromatic nitrogens is 2. The number of nitrogens with one attached hydrogen (secondary N) is 1. The second kappa shape index (κ2) is 12.4. The summed E-state index contributed by atoms with van der Waals surface area (Å²) in [6.07, 6.45) is 3.69. The number of aryl methyl sites for hydroxylation is 2. The van der Waals surface area contributed by atoms with E-state index in [9.17, 15) is 9.59 Å². The van der Waals surface area contributed by atoms with E-state index in [1.54, 1.807) is 23.4 Å². The number of amides is 1. The van der Waals surface area contributed by atoms with Gasteiger partial charge in [0.2, 0.25) is 5.91 Å². The van der Waals surface area contributed by atoms with Crippen molar-refractivity contribution < 1.29 is 4.79 Å². The number of rotatable bonds is 11. The van der Waals surface area contributed by atoms with Crippen LogP contribution in [0.5, 0.6) is 0 Å². The maximum Gasteiger partial charge on any atom is 0.257 e. The summed E-state index contributed by atoms with van der Waals surface area (Å²) in [5, 5.41) is 3.72. The fourth-order valence-electron chi connectivity index (χ4n) is 3.60. The molecule has 174 valence electrons. The minimum Gasteiger partial charge on any atom is -0.356 e. The summed E-state index contributed by atoms with van der Waals surface area (Å²) in [6, 6.07) is 18.4. The van der Waals surface area contributed by atoms with Gasteiger partial charge < -0.3 is 5.32 Å². The Morgan fingerprint density at radius 2 is 1.73 bits per heavy atom. The number of carbonyl (C=O) groups excluding carboxylic acids is 1. The molecule has 0 saturated heterocycles. The molecule has 1 aromatic heterocycles. The van der Waals surface area contributed by atoms with Gasteiger partial charge in [-0.05, 0) is 44.2 Å². The summed E-state index contributed by atoms with van der Waals surface area (Å²) in [7, 11) is 1.79. The van der Waals surface area contributed by atoms with Crippen molar-refractivity contribution in [2.45, 2.75) is 51.1 Å². The molecule has 3 rings (SSSR count). The second-order valence-electron chi connectivity index (χ2n) is 8.38. The average molecular weight is 464 g/mol. The minimum absolute atomic E-state index is 0.0170. The molecule has 2 aromatic carbocycles. The first-order chi connectivity index (χ1) is 15.9. The van der Waals surface area contributed by atoms with Gasteiger partial charge in [0.15, 0.2) is 5.16 Å². The number of hydrogen-bond donors (Lipinski definition) is 1. The van der Waals surface area contributed by atoms with Gasteiger partial charge in [-0.1, -0.05) is 71.9 Å². The molecule has 1 N–H and O–H groups in total. The molecule has 0 unspecified atom stereocenters. The monoisotopic (exact) mass is 463 g/mol. The van der Waals surface area contributed by atoms with Gasteiger partial charge in [0, 0.05) is 43.4 Å². The van der Waals surface area contributed by atoms with E-state index < -0.39 is 0 Å². The molecule has 1 amide bonds. The molecular weight excluding hydrogens is 430 g/mol. The van der Waals surface area contributed by atoms with Crippen molar-refractivity contribution in [3.8, 4) is 0 Å². The quantitative estimate of drug-likeness (QED) is 0.256. The van der Waals surface area contributed by atoms with Crippen molar-refractivity contribution in [3.63, 3.8) is 0 Å². The number of unbranched alkanes of at least 4 members (excludes halogenated alkanes) is 1. The fraction of sp³-hybridized carbons (Fsp3) is 0.370. The summed E-state index contributed by atoms with van der Waals surface area (Å²) < 4.78 is 1.65. The van der Waals surface area contributed by atoms with Crippen LogP contribution >= 0.6 is 11.8 Å². The highest BCUT2D eigenvalue weighted by atomic mass is 32.2. The molecule has 0 aliphatic heterocycles. The van der Waals surface area contributed by atoms with E-state index in [2.05, 4.69) is 48.6 Å². The first-order valence-electron chi connectivity index (χ1n) is 11.5. The van der Waals surface area contributed by atoms with Gasteiger partial charge in [0.25, 0.3) is 5.56 Å². The summed E-state index contributed by atoms with van der Waals surface area (Å²) >= 11 is 1.58. The van der Waals surface area contributed by atoms with Crippen LogP contribution in [-0.4, -0.2) is 27.8 Å². The highest BCUT2D eigenvalue weighted by molar-refractivity contribution is 7.99. The van der Waals surface area contributed by atoms with E-state index in [1.165, 1.54) is 11.1 Å². The van der Waals surface area contributed by atoms with Crippen molar-refractivity contribution in [2.24, 2.45) is 7.05 Å². The maximum absolute atomic E-state index is 12.9. The number of nitrogens with zero attached hydrogens (tertiary/aromatic N) is 2. The van der Waals surface area contributed by atoms with Crippen molar-refractivity contribution in [3.05, 3.63) is 92.9 Å². The Labute approximate surface area is 200 Å². The lowest BCUT2D eigenvalue weighted by atomic mass is 10.0. The Kier molecular flexibility index (Phi) is 9.31. The molecule has 5 nitrogen and oxygen atoms in total. The van der Waals surface area contributed by atoms with Gasteiger partial charge >= 0.3 is 0 Å². The van der Waals surface area contributed by atoms with Gasteiger partial charge in [0.05, 0.1) is 0 Å². The molecule has 0 saturated carbocycles. The van der Waals surface area contributed by atoms with Crippen molar-refractivity contribution >= 4 is 17.7 Å². The number of carbonyl (C=O) groups is 1. The van der Waals surface area contributed by atoms with Crippen molar-refractivity contribution in [2.75, 3.05) is 12.3 Å². The van der Waals surface area contributed by atoms with Gasteiger partial charge in [-0.3, -0.25) is 14.2 Å². The lowest BCUT2D eigenvalue weighted by molar-refractivity contribution is -0.121. The van der Waals surface area contributed by atoms with E-state index >= 15 is 0 Å². The lowest BCUT2D eigenvalue weighted by Gasteiger charge is -2.12. The smallest absolute Gasteiger partial charge is 0.257 e. The van der Waals surface area contributed by atoms with E-state index in [0.717, 1.165) is 47.0 Å². The Hall–Kier alpha value is -2.86. The normalized spacial score (nSPS) is 10.9. The first-order valence-corrected chi connectivity index (χ1v) is 12.5. The zero-order valence-corrected chi connectivity index (χ0v) is 20.6. The van der Waals surface area contributed by atoms with Crippen LogP contribution in [0.1, 0.15) is 47.2 Å². The molecule has 0 aliphatic carbocycles. The zero-order valence-electron chi connectivity index (χ0n) is 19.8. The molecule has 1 heterocycles. The predicted octanol–water partition coefficient (Wildman–Crippen LogP) is 4.61. The van der Waals surface area contributed by atoms with Crippen LogP contribution in [0.3, 0.4) is 0 Å². The van der Waals surface area contributed by atoms with E-state index in [1.807, 2.05) is 25.1 Å². The molecular formula is C27H33N3O2S. The zero-order chi connectivity index (χ0) is 23.6. The van der Waals surface area contributed by atoms with Crippen molar-refractivity contribution in [1.29, 1.82) is 0 Å². The minimum atomic E-state index is 0.0170. The van der Waals surface area contributed by atoms with Gasteiger partial charge in [0.1, 0.15) is 0 Å². The Bertz CT molecular complexity index is 1110. The van der Waals surface area contributed by atoms with Crippen LogP contribution in [0.15, 0.2) is 64.5 Å². The highest BCUT2D eigenvalue weighted by Gasteiger charge is 2.13. The summed E-state index contributed by atoms with van der Waals surface area (Å²) in [5.41, 5.74) is 5.11. The SMILES string of the molecule is Cc1ccc(Cc2c(C)nc(SCCCCC(=O)NCCc3ccccc3)n(C)c2=O)cc1. The molecule has 33 heavy (non-hydrogen) atoms. The fourth-order valence-corrected chi connectivity index (χ4v) is 4.61. The molecule has 0 radical (unpaired) electrons. The Balaban J connectivity index is 1.42. The van der Waals surface area contributed by atoms with Crippen LogP contribution in [0, 0.1) is 13.8 Å². The van der Waals surface area contributed by atoms with E-state index in [4.69, 9.17) is 4.98 Å². The molecule has 0 spiro atoms. The van der Waals surface area contributed by atoms with Crippen LogP contribution in [-0.2, 0) is 24.7 Å². The summed E-state index contributed by atoms with van der Waals surface area (Å²) in [5.74, 6) is 0.923. The average Bonchev–Trinajstić information content (AvgIpc) is 2.81. The standard InChI is InChI=1S/C27H33N3O2S/c1-20-12-14-23(15-13-20)19-24-21(2)29-27(30(3)26(24)32)33-18-8-7-11-25(31)28-17-16-22-9-5-4-6-10-22/h4-6,9-10,12-15H,7-8,11,16-19H2,1-3H3,(H,28,31). The van der Waals surface area contributed by atoms with Crippen LogP contribution in [0.2, 0.25) is 0 Å². The third-order valence-electron chi connectivity index (χ3n) is 5.66. The Morgan fingerprint density at radius 3 is 2.45 bits per heavy atom. The molecule has 0 fully saturated rings. The third kappa shape index (κ3) is 7.60. The van der Waals surface area contributed by atoms with E-state index in [0.29, 0.717) is 19.4 Å².